The Labute approximate surface area is 98.8 Å². The molecule has 1 unspecified atom stereocenters. The largest absolute Gasteiger partial charge is 0.122 e. The highest BCUT2D eigenvalue weighted by molar-refractivity contribution is 8.01. The van der Waals surface area contributed by atoms with Gasteiger partial charge in [0, 0.05) is 9.77 Å². The second-order valence-corrected chi connectivity index (χ2v) is 11.7. The number of hydrogen-bond acceptors (Lipinski definition) is 1. The summed E-state index contributed by atoms with van der Waals surface area (Å²) in [5, 5.41) is 0. The van der Waals surface area contributed by atoms with Crippen molar-refractivity contribution in [1.82, 2.24) is 0 Å². The number of allylic oxidation sites excluding steroid dienone is 1. The van der Waals surface area contributed by atoms with Crippen LogP contribution in [0.2, 0.25) is 19.6 Å². The summed E-state index contributed by atoms with van der Waals surface area (Å²) >= 11 is 2.00. The third-order valence-corrected chi connectivity index (χ3v) is 7.56. The van der Waals surface area contributed by atoms with Crippen molar-refractivity contribution in [3.05, 3.63) is 42.5 Å². The average Bonchev–Trinajstić information content (AvgIpc) is 2.17. The Hall–Kier alpha value is -0.473. The molecule has 0 bridgehead atoms. The van der Waals surface area contributed by atoms with Crippen molar-refractivity contribution in [2.24, 2.45) is 0 Å². The monoisotopic (exact) mass is 236 g/mol. The summed E-state index contributed by atoms with van der Waals surface area (Å²) in [4.78, 5) is 2.05. The van der Waals surface area contributed by atoms with Gasteiger partial charge in [-0.15, -0.1) is 11.8 Å². The number of benzene rings is 1. The molecule has 1 aromatic carbocycles. The fraction of sp³-hybridized carbons (Fsp3) is 0.385. The highest BCUT2D eigenvalue weighted by Gasteiger charge is 2.24. The van der Waals surface area contributed by atoms with E-state index in [-0.39, 0.29) is 0 Å². The van der Waals surface area contributed by atoms with E-state index in [4.69, 9.17) is 0 Å². The van der Waals surface area contributed by atoms with E-state index in [2.05, 4.69) is 69.0 Å². The van der Waals surface area contributed by atoms with E-state index in [1.165, 1.54) is 4.90 Å². The standard InChI is InChI=1S/C13H20SSi/c1-5-9-13(15(2,3)4)14-12-10-7-6-8-11-12/h5-11,13H,1-4H3/b9-5+. The van der Waals surface area contributed by atoms with Crippen LogP contribution in [0, 0.1) is 0 Å². The van der Waals surface area contributed by atoms with Crippen molar-refractivity contribution >= 4 is 19.8 Å². The molecule has 0 aromatic heterocycles. The summed E-state index contributed by atoms with van der Waals surface area (Å²) in [7, 11) is -1.11. The first-order valence-corrected chi connectivity index (χ1v) is 9.84. The van der Waals surface area contributed by atoms with Gasteiger partial charge in [-0.1, -0.05) is 50.0 Å². The molecule has 0 aliphatic rings. The van der Waals surface area contributed by atoms with Gasteiger partial charge in [0.15, 0.2) is 0 Å². The molecule has 0 saturated heterocycles. The van der Waals surface area contributed by atoms with Gasteiger partial charge in [-0.05, 0) is 19.1 Å². The molecule has 0 amide bonds. The molecular formula is C13H20SSi. The van der Waals surface area contributed by atoms with Crippen LogP contribution in [0.25, 0.3) is 0 Å². The summed E-state index contributed by atoms with van der Waals surface area (Å²) in [5.74, 6) is 0. The Morgan fingerprint density at radius 2 is 1.73 bits per heavy atom. The summed E-state index contributed by atoms with van der Waals surface area (Å²) in [5.41, 5.74) is 0. The van der Waals surface area contributed by atoms with Crippen molar-refractivity contribution in [3.63, 3.8) is 0 Å². The lowest BCUT2D eigenvalue weighted by molar-refractivity contribution is 1.39. The van der Waals surface area contributed by atoms with Gasteiger partial charge in [-0.25, -0.2) is 0 Å². The van der Waals surface area contributed by atoms with Crippen molar-refractivity contribution in [2.75, 3.05) is 0 Å². The predicted molar refractivity (Wildman–Crippen MR) is 74.2 cm³/mol. The lowest BCUT2D eigenvalue weighted by Gasteiger charge is -2.25. The van der Waals surface area contributed by atoms with Crippen LogP contribution in [0.15, 0.2) is 47.4 Å². The molecule has 82 valence electrons. The molecule has 0 N–H and O–H groups in total. The van der Waals surface area contributed by atoms with Crippen molar-refractivity contribution < 1.29 is 0 Å². The van der Waals surface area contributed by atoms with E-state index in [1.807, 2.05) is 11.8 Å². The highest BCUT2D eigenvalue weighted by Crippen LogP contribution is 2.30. The van der Waals surface area contributed by atoms with E-state index >= 15 is 0 Å². The highest BCUT2D eigenvalue weighted by atomic mass is 32.2. The second-order valence-electron chi connectivity index (χ2n) is 4.74. The molecule has 0 heterocycles. The summed E-state index contributed by atoms with van der Waals surface area (Å²) < 4.78 is 0. The van der Waals surface area contributed by atoms with Crippen LogP contribution in [-0.2, 0) is 0 Å². The lowest BCUT2D eigenvalue weighted by Crippen LogP contribution is -2.34. The number of thioether (sulfide) groups is 1. The third kappa shape index (κ3) is 4.27. The second kappa shape index (κ2) is 5.57. The predicted octanol–water partition coefficient (Wildman–Crippen LogP) is 4.60. The first kappa shape index (κ1) is 12.6. The minimum absolute atomic E-state index is 0.671. The van der Waals surface area contributed by atoms with Gasteiger partial charge in [0.25, 0.3) is 0 Å². The summed E-state index contributed by atoms with van der Waals surface area (Å²) in [6, 6.07) is 10.7. The van der Waals surface area contributed by atoms with Gasteiger partial charge in [0.05, 0.1) is 8.07 Å². The van der Waals surface area contributed by atoms with Crippen molar-refractivity contribution in [1.29, 1.82) is 0 Å². The Kier molecular flexibility index (Phi) is 4.67. The van der Waals surface area contributed by atoms with Crippen LogP contribution in [0.1, 0.15) is 6.92 Å². The maximum Gasteiger partial charge on any atom is 0.0639 e. The first-order valence-electron chi connectivity index (χ1n) is 5.38. The molecule has 0 saturated carbocycles. The van der Waals surface area contributed by atoms with Gasteiger partial charge in [-0.2, -0.15) is 0 Å². The maximum absolute atomic E-state index is 2.42. The van der Waals surface area contributed by atoms with Crippen LogP contribution in [-0.4, -0.2) is 12.9 Å². The van der Waals surface area contributed by atoms with Crippen LogP contribution in [0.5, 0.6) is 0 Å². The summed E-state index contributed by atoms with van der Waals surface area (Å²) in [6.45, 7) is 9.38. The van der Waals surface area contributed by atoms with Gasteiger partial charge in [-0.3, -0.25) is 0 Å². The van der Waals surface area contributed by atoms with Crippen molar-refractivity contribution in [3.8, 4) is 0 Å². The van der Waals surface area contributed by atoms with E-state index in [1.54, 1.807) is 0 Å². The smallest absolute Gasteiger partial charge is 0.0639 e. The molecule has 0 fully saturated rings. The van der Waals surface area contributed by atoms with Gasteiger partial charge in [0.1, 0.15) is 0 Å². The Morgan fingerprint density at radius 1 is 1.13 bits per heavy atom. The minimum Gasteiger partial charge on any atom is -0.122 e. The Morgan fingerprint density at radius 3 is 2.20 bits per heavy atom. The molecule has 0 nitrogen and oxygen atoms in total. The zero-order valence-corrected chi connectivity index (χ0v) is 11.8. The number of rotatable bonds is 4. The van der Waals surface area contributed by atoms with Crippen molar-refractivity contribution in [2.45, 2.75) is 36.3 Å². The van der Waals surface area contributed by atoms with E-state index in [9.17, 15) is 0 Å². The maximum atomic E-state index is 2.42. The first-order chi connectivity index (χ1) is 7.04. The van der Waals surface area contributed by atoms with Gasteiger partial charge in [0.2, 0.25) is 0 Å². The summed E-state index contributed by atoms with van der Waals surface area (Å²) in [6.07, 6.45) is 4.53. The number of hydrogen-bond donors (Lipinski definition) is 0. The lowest BCUT2D eigenvalue weighted by atomic mass is 10.4. The van der Waals surface area contributed by atoms with Gasteiger partial charge < -0.3 is 0 Å². The van der Waals surface area contributed by atoms with E-state index in [0.29, 0.717) is 4.87 Å². The zero-order chi connectivity index (χ0) is 11.3. The average molecular weight is 236 g/mol. The normalized spacial score (nSPS) is 14.4. The topological polar surface area (TPSA) is 0 Å². The fourth-order valence-electron chi connectivity index (χ4n) is 1.33. The Bertz CT molecular complexity index is 311. The molecule has 0 spiro atoms. The third-order valence-electron chi connectivity index (χ3n) is 2.23. The fourth-order valence-corrected chi connectivity index (χ4v) is 4.76. The molecule has 2 heteroatoms. The minimum atomic E-state index is -1.11. The molecule has 0 aliphatic heterocycles. The molecule has 0 radical (unpaired) electrons. The molecule has 15 heavy (non-hydrogen) atoms. The SMILES string of the molecule is C/C=C/C(Sc1ccccc1)[Si](C)(C)C. The van der Waals surface area contributed by atoms with Crippen LogP contribution in [0.4, 0.5) is 0 Å². The van der Waals surface area contributed by atoms with Crippen LogP contribution < -0.4 is 0 Å². The molecule has 1 rings (SSSR count). The zero-order valence-electron chi connectivity index (χ0n) is 10.0. The van der Waals surface area contributed by atoms with Gasteiger partial charge >= 0.3 is 0 Å². The quantitative estimate of drug-likeness (QED) is 0.418. The van der Waals surface area contributed by atoms with E-state index < -0.39 is 8.07 Å². The molecule has 1 aromatic rings. The molecule has 0 aliphatic carbocycles. The molecule has 1 atom stereocenters. The van der Waals surface area contributed by atoms with Crippen LogP contribution >= 0.6 is 11.8 Å². The van der Waals surface area contributed by atoms with Crippen LogP contribution in [0.3, 0.4) is 0 Å². The Balaban J connectivity index is 2.76. The van der Waals surface area contributed by atoms with E-state index in [0.717, 1.165) is 0 Å². The molecular weight excluding hydrogens is 216 g/mol.